The molecule has 0 fully saturated rings. The fourth-order valence-corrected chi connectivity index (χ4v) is 4.21. The van der Waals surface area contributed by atoms with Crippen molar-refractivity contribution in [1.29, 1.82) is 0 Å². The van der Waals surface area contributed by atoms with Gasteiger partial charge in [-0.2, -0.15) is 0 Å². The van der Waals surface area contributed by atoms with Gasteiger partial charge in [0.25, 0.3) is 0 Å². The fraction of sp³-hybridized carbons (Fsp3) is 0.0556. The Labute approximate surface area is 156 Å². The number of benzene rings is 2. The minimum atomic E-state index is -0.353. The van der Waals surface area contributed by atoms with Crippen LogP contribution in [0.4, 0.5) is 19.6 Å². The summed E-state index contributed by atoms with van der Waals surface area (Å²) in [4.78, 5) is 4.34. The Morgan fingerprint density at radius 2 is 1.92 bits per heavy atom. The minimum absolute atomic E-state index is 0.291. The summed E-state index contributed by atoms with van der Waals surface area (Å²) in [5, 5.41) is 12.3. The van der Waals surface area contributed by atoms with Crippen LogP contribution in [0.5, 0.6) is 0 Å². The van der Waals surface area contributed by atoms with E-state index in [9.17, 15) is 8.78 Å². The van der Waals surface area contributed by atoms with Crippen molar-refractivity contribution >= 4 is 44.8 Å². The number of fused-ring (bicyclic) bond motifs is 1. The summed E-state index contributed by atoms with van der Waals surface area (Å²) in [5.41, 5.74) is 1.92. The first-order valence-electron chi connectivity index (χ1n) is 7.70. The molecule has 0 saturated heterocycles. The molecular formula is C18H12F2N4S2. The summed E-state index contributed by atoms with van der Waals surface area (Å²) in [7, 11) is 0. The molecule has 0 aliphatic heterocycles. The third-order valence-corrected chi connectivity index (χ3v) is 5.64. The predicted octanol–water partition coefficient (Wildman–Crippen LogP) is 5.40. The van der Waals surface area contributed by atoms with Crippen molar-refractivity contribution in [3.63, 3.8) is 0 Å². The number of anilines is 2. The van der Waals surface area contributed by atoms with Crippen LogP contribution in [-0.4, -0.2) is 15.2 Å². The van der Waals surface area contributed by atoms with E-state index in [1.165, 1.54) is 41.3 Å². The van der Waals surface area contributed by atoms with E-state index in [-0.39, 0.29) is 11.6 Å². The highest BCUT2D eigenvalue weighted by Crippen LogP contribution is 2.32. The van der Waals surface area contributed by atoms with E-state index in [0.717, 1.165) is 16.5 Å². The Morgan fingerprint density at radius 3 is 2.81 bits per heavy atom. The summed E-state index contributed by atoms with van der Waals surface area (Å²) >= 11 is 2.75. The second kappa shape index (κ2) is 7.35. The number of nitrogens with zero attached hydrogens (tertiary/aromatic N) is 3. The van der Waals surface area contributed by atoms with Gasteiger partial charge in [0.15, 0.2) is 4.34 Å². The zero-order chi connectivity index (χ0) is 17.9. The highest BCUT2D eigenvalue weighted by molar-refractivity contribution is 8.00. The molecule has 0 radical (unpaired) electrons. The van der Waals surface area contributed by atoms with Crippen molar-refractivity contribution in [2.45, 2.75) is 10.1 Å². The van der Waals surface area contributed by atoms with Crippen LogP contribution in [0.3, 0.4) is 0 Å². The molecule has 0 saturated carbocycles. The van der Waals surface area contributed by atoms with Crippen LogP contribution in [0.1, 0.15) is 5.56 Å². The van der Waals surface area contributed by atoms with Gasteiger partial charge >= 0.3 is 0 Å². The van der Waals surface area contributed by atoms with Crippen molar-refractivity contribution in [2.24, 2.45) is 0 Å². The Morgan fingerprint density at radius 1 is 1.04 bits per heavy atom. The van der Waals surface area contributed by atoms with Crippen LogP contribution in [0.15, 0.2) is 59.1 Å². The minimum Gasteiger partial charge on any atom is -0.328 e. The molecule has 1 N–H and O–H groups in total. The maximum Gasteiger partial charge on any atom is 0.210 e. The van der Waals surface area contributed by atoms with E-state index in [4.69, 9.17) is 0 Å². The molecule has 0 amide bonds. The molecule has 26 heavy (non-hydrogen) atoms. The summed E-state index contributed by atoms with van der Waals surface area (Å²) < 4.78 is 28.2. The van der Waals surface area contributed by atoms with Crippen LogP contribution < -0.4 is 5.32 Å². The highest BCUT2D eigenvalue weighted by Gasteiger charge is 2.10. The lowest BCUT2D eigenvalue weighted by atomic mass is 10.1. The lowest BCUT2D eigenvalue weighted by Crippen LogP contribution is -1.92. The van der Waals surface area contributed by atoms with Crippen molar-refractivity contribution in [2.75, 3.05) is 5.32 Å². The molecular weight excluding hydrogens is 374 g/mol. The molecule has 2 aromatic carbocycles. The SMILES string of the molecule is Fc1cc(CSc2nnc(Nc3ccccc3F)s2)c2ncccc2c1. The molecule has 0 bridgehead atoms. The molecule has 0 spiro atoms. The summed E-state index contributed by atoms with van der Waals surface area (Å²) in [6, 6.07) is 12.9. The lowest BCUT2D eigenvalue weighted by Gasteiger charge is -2.05. The number of aromatic nitrogens is 3. The van der Waals surface area contributed by atoms with E-state index in [1.54, 1.807) is 30.5 Å². The largest absolute Gasteiger partial charge is 0.328 e. The average molecular weight is 386 g/mol. The normalized spacial score (nSPS) is 11.0. The Kier molecular flexibility index (Phi) is 4.77. The topological polar surface area (TPSA) is 50.7 Å². The second-order valence-corrected chi connectivity index (χ2v) is 7.61. The van der Waals surface area contributed by atoms with E-state index in [0.29, 0.717) is 20.9 Å². The average Bonchev–Trinajstić information content (AvgIpc) is 3.09. The van der Waals surface area contributed by atoms with Gasteiger partial charge in [0.05, 0.1) is 11.2 Å². The van der Waals surface area contributed by atoms with Crippen molar-refractivity contribution < 1.29 is 8.78 Å². The number of hydrogen-bond donors (Lipinski definition) is 1. The second-order valence-electron chi connectivity index (χ2n) is 5.41. The number of thioether (sulfide) groups is 1. The van der Waals surface area contributed by atoms with Crippen molar-refractivity contribution in [3.05, 3.63) is 71.9 Å². The Bertz CT molecular complexity index is 1070. The molecule has 2 heterocycles. The summed E-state index contributed by atoms with van der Waals surface area (Å²) in [5.74, 6) is -0.131. The zero-order valence-electron chi connectivity index (χ0n) is 13.3. The first kappa shape index (κ1) is 16.9. The van der Waals surface area contributed by atoms with Crippen LogP contribution in [0.25, 0.3) is 10.9 Å². The van der Waals surface area contributed by atoms with Gasteiger partial charge in [0.2, 0.25) is 5.13 Å². The predicted molar refractivity (Wildman–Crippen MR) is 101 cm³/mol. The number of hydrogen-bond acceptors (Lipinski definition) is 6. The van der Waals surface area contributed by atoms with Gasteiger partial charge in [-0.3, -0.25) is 4.98 Å². The summed E-state index contributed by atoms with van der Waals surface area (Å²) in [6.45, 7) is 0. The lowest BCUT2D eigenvalue weighted by molar-refractivity contribution is 0.628. The Balaban J connectivity index is 1.50. The molecule has 4 rings (SSSR count). The van der Waals surface area contributed by atoms with Crippen LogP contribution in [-0.2, 0) is 5.75 Å². The fourth-order valence-electron chi connectivity index (χ4n) is 2.47. The van der Waals surface area contributed by atoms with Gasteiger partial charge in [-0.1, -0.05) is 41.3 Å². The third kappa shape index (κ3) is 3.66. The Hall–Kier alpha value is -2.58. The molecule has 0 atom stereocenters. The third-order valence-electron chi connectivity index (χ3n) is 3.62. The zero-order valence-corrected chi connectivity index (χ0v) is 15.0. The molecule has 2 aromatic heterocycles. The first-order chi connectivity index (χ1) is 12.7. The highest BCUT2D eigenvalue weighted by atomic mass is 32.2. The standard InChI is InChI=1S/C18H12F2N4S2/c19-13-8-11-4-3-7-21-16(11)12(9-13)10-25-18-24-23-17(26-18)22-15-6-2-1-5-14(15)20/h1-9H,10H2,(H,22,23). The molecule has 4 nitrogen and oxygen atoms in total. The maximum absolute atomic E-state index is 13.8. The van der Waals surface area contributed by atoms with E-state index in [1.807, 2.05) is 6.07 Å². The number of rotatable bonds is 5. The van der Waals surface area contributed by atoms with Crippen LogP contribution in [0, 0.1) is 11.6 Å². The smallest absolute Gasteiger partial charge is 0.210 e. The van der Waals surface area contributed by atoms with Crippen LogP contribution >= 0.6 is 23.1 Å². The van der Waals surface area contributed by atoms with Gasteiger partial charge in [-0.15, -0.1) is 10.2 Å². The number of para-hydroxylation sites is 1. The maximum atomic E-state index is 13.8. The van der Waals surface area contributed by atoms with Crippen LogP contribution in [0.2, 0.25) is 0 Å². The van der Waals surface area contributed by atoms with Gasteiger partial charge < -0.3 is 5.32 Å². The first-order valence-corrected chi connectivity index (χ1v) is 9.50. The number of halogens is 2. The molecule has 0 aliphatic carbocycles. The monoisotopic (exact) mass is 386 g/mol. The molecule has 0 unspecified atom stereocenters. The molecule has 4 aromatic rings. The van der Waals surface area contributed by atoms with E-state index >= 15 is 0 Å². The van der Waals surface area contributed by atoms with E-state index < -0.39 is 0 Å². The summed E-state index contributed by atoms with van der Waals surface area (Å²) in [6.07, 6.45) is 1.69. The van der Waals surface area contributed by atoms with Crippen molar-refractivity contribution in [3.8, 4) is 0 Å². The molecule has 0 aliphatic rings. The van der Waals surface area contributed by atoms with Gasteiger partial charge in [0, 0.05) is 17.3 Å². The van der Waals surface area contributed by atoms with Gasteiger partial charge in [-0.25, -0.2) is 8.78 Å². The van der Waals surface area contributed by atoms with Gasteiger partial charge in [-0.05, 0) is 35.9 Å². The quantitative estimate of drug-likeness (QED) is 0.465. The number of nitrogens with one attached hydrogen (secondary N) is 1. The van der Waals surface area contributed by atoms with Gasteiger partial charge in [0.1, 0.15) is 11.6 Å². The molecule has 130 valence electrons. The number of pyridine rings is 1. The van der Waals surface area contributed by atoms with Crippen molar-refractivity contribution in [1.82, 2.24) is 15.2 Å². The van der Waals surface area contributed by atoms with E-state index in [2.05, 4.69) is 20.5 Å². The molecule has 8 heteroatoms.